The summed E-state index contributed by atoms with van der Waals surface area (Å²) in [6.07, 6.45) is -0.575. The predicted molar refractivity (Wildman–Crippen MR) is 75.5 cm³/mol. The smallest absolute Gasteiger partial charge is 0.261 e. The van der Waals surface area contributed by atoms with Crippen molar-refractivity contribution in [2.75, 3.05) is 6.54 Å². The monoisotopic (exact) mass is 314 g/mol. The lowest BCUT2D eigenvalue weighted by Crippen LogP contribution is -2.52. The van der Waals surface area contributed by atoms with Gasteiger partial charge in [-0.3, -0.25) is 4.79 Å². The van der Waals surface area contributed by atoms with E-state index in [2.05, 4.69) is 21.2 Å². The van der Waals surface area contributed by atoms with Gasteiger partial charge in [0.15, 0.2) is 6.10 Å². The van der Waals surface area contributed by atoms with Gasteiger partial charge >= 0.3 is 0 Å². The molecule has 0 aromatic heterocycles. The van der Waals surface area contributed by atoms with Crippen molar-refractivity contribution in [3.8, 4) is 5.75 Å². The summed E-state index contributed by atoms with van der Waals surface area (Å²) >= 11 is 3.37. The Morgan fingerprint density at radius 1 is 1.50 bits per heavy atom. The Balaban J connectivity index is 2.63. The van der Waals surface area contributed by atoms with Crippen molar-refractivity contribution >= 4 is 21.8 Å². The molecule has 1 atom stereocenters. The molecule has 3 N–H and O–H groups in total. The minimum Gasteiger partial charge on any atom is -0.480 e. The molecule has 0 aliphatic carbocycles. The first-order valence-electron chi connectivity index (χ1n) is 5.79. The molecule has 0 saturated carbocycles. The molecule has 18 heavy (non-hydrogen) atoms. The van der Waals surface area contributed by atoms with E-state index >= 15 is 0 Å². The number of nitrogens with one attached hydrogen (secondary N) is 1. The summed E-state index contributed by atoms with van der Waals surface area (Å²) in [6, 6.07) is 7.42. The van der Waals surface area contributed by atoms with Crippen molar-refractivity contribution in [3.63, 3.8) is 0 Å². The maximum Gasteiger partial charge on any atom is 0.261 e. The van der Waals surface area contributed by atoms with Crippen LogP contribution in [0, 0.1) is 0 Å². The van der Waals surface area contributed by atoms with Crippen molar-refractivity contribution in [1.82, 2.24) is 5.32 Å². The topological polar surface area (TPSA) is 64.3 Å². The fraction of sp³-hybridized carbons (Fsp3) is 0.462. The molecule has 0 bridgehead atoms. The third kappa shape index (κ3) is 4.31. The zero-order chi connectivity index (χ0) is 13.8. The van der Waals surface area contributed by atoms with Crippen molar-refractivity contribution < 1.29 is 9.53 Å². The molecule has 100 valence electrons. The molecular weight excluding hydrogens is 296 g/mol. The molecule has 1 rings (SSSR count). The number of rotatable bonds is 5. The highest BCUT2D eigenvalue weighted by molar-refractivity contribution is 9.10. The lowest BCUT2D eigenvalue weighted by Gasteiger charge is -2.26. The van der Waals surface area contributed by atoms with Gasteiger partial charge in [0.05, 0.1) is 4.47 Å². The molecule has 5 heteroatoms. The van der Waals surface area contributed by atoms with Crippen LogP contribution in [0.4, 0.5) is 0 Å². The highest BCUT2D eigenvalue weighted by atomic mass is 79.9. The van der Waals surface area contributed by atoms with E-state index < -0.39 is 11.6 Å². The van der Waals surface area contributed by atoms with Crippen LogP contribution in [0.3, 0.4) is 0 Å². The van der Waals surface area contributed by atoms with Crippen LogP contribution in [0.15, 0.2) is 28.7 Å². The maximum atomic E-state index is 11.9. The van der Waals surface area contributed by atoms with Crippen molar-refractivity contribution in [2.24, 2.45) is 5.73 Å². The second-order valence-electron chi connectivity index (χ2n) is 4.77. The van der Waals surface area contributed by atoms with Gasteiger partial charge in [0.2, 0.25) is 0 Å². The molecule has 1 aromatic carbocycles. The molecular formula is C13H19BrN2O2. The Morgan fingerprint density at radius 3 is 2.67 bits per heavy atom. The summed E-state index contributed by atoms with van der Waals surface area (Å²) in [4.78, 5) is 11.9. The van der Waals surface area contributed by atoms with Crippen LogP contribution in [0.2, 0.25) is 0 Å². The lowest BCUT2D eigenvalue weighted by molar-refractivity contribution is -0.128. The second-order valence-corrected chi connectivity index (χ2v) is 5.62. The summed E-state index contributed by atoms with van der Waals surface area (Å²) in [6.45, 7) is 5.83. The Labute approximate surface area is 116 Å². The highest BCUT2D eigenvalue weighted by Crippen LogP contribution is 2.24. The molecule has 1 unspecified atom stereocenters. The minimum atomic E-state index is -0.575. The second kappa shape index (κ2) is 6.20. The lowest BCUT2D eigenvalue weighted by atomic mass is 10.1. The Morgan fingerprint density at radius 2 is 2.11 bits per heavy atom. The van der Waals surface area contributed by atoms with Gasteiger partial charge in [-0.2, -0.15) is 0 Å². The number of halogens is 1. The van der Waals surface area contributed by atoms with Gasteiger partial charge in [0.1, 0.15) is 5.75 Å². The van der Waals surface area contributed by atoms with Crippen LogP contribution < -0.4 is 15.8 Å². The average Bonchev–Trinajstić information content (AvgIpc) is 2.31. The molecule has 0 spiro atoms. The van der Waals surface area contributed by atoms with Crippen molar-refractivity contribution in [2.45, 2.75) is 32.4 Å². The van der Waals surface area contributed by atoms with E-state index in [1.54, 1.807) is 6.92 Å². The third-order valence-electron chi connectivity index (χ3n) is 2.48. The fourth-order valence-electron chi connectivity index (χ4n) is 1.27. The maximum absolute atomic E-state index is 11.9. The van der Waals surface area contributed by atoms with Crippen LogP contribution in [0.1, 0.15) is 20.8 Å². The first-order valence-corrected chi connectivity index (χ1v) is 6.58. The number of para-hydroxylation sites is 1. The highest BCUT2D eigenvalue weighted by Gasteiger charge is 2.23. The quantitative estimate of drug-likeness (QED) is 0.874. The van der Waals surface area contributed by atoms with E-state index in [9.17, 15) is 4.79 Å². The normalized spacial score (nSPS) is 12.9. The number of nitrogens with two attached hydrogens (primary N) is 1. The molecule has 0 fully saturated rings. The van der Waals surface area contributed by atoms with E-state index in [0.717, 1.165) is 4.47 Å². The van der Waals surface area contributed by atoms with Crippen LogP contribution in [-0.2, 0) is 4.79 Å². The van der Waals surface area contributed by atoms with Crippen LogP contribution >= 0.6 is 15.9 Å². The summed E-state index contributed by atoms with van der Waals surface area (Å²) in [5, 5.41) is 2.84. The first-order chi connectivity index (χ1) is 8.35. The molecule has 0 aliphatic heterocycles. The van der Waals surface area contributed by atoms with Gasteiger partial charge in [0.25, 0.3) is 5.91 Å². The predicted octanol–water partition coefficient (Wildman–Crippen LogP) is 2.07. The minimum absolute atomic E-state index is 0.179. The molecule has 1 amide bonds. The van der Waals surface area contributed by atoms with Crippen molar-refractivity contribution in [1.29, 1.82) is 0 Å². The number of amides is 1. The zero-order valence-corrected chi connectivity index (χ0v) is 12.5. The van der Waals surface area contributed by atoms with Gasteiger partial charge < -0.3 is 15.8 Å². The Hall–Kier alpha value is -1.07. The van der Waals surface area contributed by atoms with Crippen molar-refractivity contribution in [3.05, 3.63) is 28.7 Å². The Kier molecular flexibility index (Phi) is 5.16. The third-order valence-corrected chi connectivity index (χ3v) is 3.14. The molecule has 0 heterocycles. The van der Waals surface area contributed by atoms with E-state index in [0.29, 0.717) is 12.3 Å². The summed E-state index contributed by atoms with van der Waals surface area (Å²) in [5.41, 5.74) is 5.14. The average molecular weight is 315 g/mol. The number of ether oxygens (including phenoxy) is 1. The number of carbonyl (C=O) groups excluding carboxylic acids is 1. The molecule has 0 aliphatic rings. The van der Waals surface area contributed by atoms with E-state index in [4.69, 9.17) is 10.5 Å². The Bertz CT molecular complexity index is 421. The molecule has 0 saturated heterocycles. The largest absolute Gasteiger partial charge is 0.480 e. The molecule has 0 radical (unpaired) electrons. The number of hydrogen-bond acceptors (Lipinski definition) is 3. The van der Waals surface area contributed by atoms with E-state index in [-0.39, 0.29) is 5.91 Å². The SMILES string of the molecule is CC(Oc1ccccc1Br)C(=O)NC(C)(C)CN. The molecule has 4 nitrogen and oxygen atoms in total. The van der Waals surface area contributed by atoms with E-state index in [1.165, 1.54) is 0 Å². The summed E-state index contributed by atoms with van der Waals surface area (Å²) < 4.78 is 6.42. The fourth-order valence-corrected chi connectivity index (χ4v) is 1.65. The van der Waals surface area contributed by atoms with Gasteiger partial charge in [-0.1, -0.05) is 12.1 Å². The summed E-state index contributed by atoms with van der Waals surface area (Å²) in [7, 11) is 0. The molecule has 1 aromatic rings. The number of benzene rings is 1. The van der Waals surface area contributed by atoms with Crippen LogP contribution in [0.5, 0.6) is 5.75 Å². The van der Waals surface area contributed by atoms with Crippen LogP contribution in [-0.4, -0.2) is 24.1 Å². The first kappa shape index (κ1) is 15.0. The van der Waals surface area contributed by atoms with E-state index in [1.807, 2.05) is 38.1 Å². The van der Waals surface area contributed by atoms with Gasteiger partial charge in [-0.05, 0) is 48.8 Å². The van der Waals surface area contributed by atoms with Gasteiger partial charge in [0, 0.05) is 12.1 Å². The van der Waals surface area contributed by atoms with Gasteiger partial charge in [-0.15, -0.1) is 0 Å². The standard InChI is InChI=1S/C13H19BrN2O2/c1-9(12(17)16-13(2,3)8-15)18-11-7-5-4-6-10(11)14/h4-7,9H,8,15H2,1-3H3,(H,16,17). The number of hydrogen-bond donors (Lipinski definition) is 2. The zero-order valence-electron chi connectivity index (χ0n) is 10.9. The summed E-state index contributed by atoms with van der Waals surface area (Å²) in [5.74, 6) is 0.465. The van der Waals surface area contributed by atoms with Crippen LogP contribution in [0.25, 0.3) is 0 Å². The van der Waals surface area contributed by atoms with Gasteiger partial charge in [-0.25, -0.2) is 0 Å². The number of carbonyl (C=O) groups is 1.